The highest BCUT2D eigenvalue weighted by molar-refractivity contribution is 6.47. The van der Waals surface area contributed by atoms with Gasteiger partial charge in [0.15, 0.2) is 28.9 Å². The van der Waals surface area contributed by atoms with E-state index in [1.807, 2.05) is 0 Å². The monoisotopic (exact) mass is 821 g/mol. The highest BCUT2D eigenvalue weighted by Gasteiger charge is 2.44. The molecule has 0 radical (unpaired) electrons. The molecule has 2 atom stereocenters. The van der Waals surface area contributed by atoms with Crippen molar-refractivity contribution in [2.45, 2.75) is 37.3 Å². The number of nitrogens with one attached hydrogen (secondary N) is 2. The lowest BCUT2D eigenvalue weighted by Crippen LogP contribution is -2.62. The van der Waals surface area contributed by atoms with Crippen LogP contribution >= 0.6 is 11.6 Å². The Morgan fingerprint density at radius 1 is 0.877 bits per heavy atom. The fourth-order valence-electron chi connectivity index (χ4n) is 6.81. The largest absolute Gasteiger partial charge is 0.547 e. The van der Waals surface area contributed by atoms with E-state index in [9.17, 15) is 71.8 Å². The van der Waals surface area contributed by atoms with Gasteiger partial charge in [0.25, 0.3) is 5.91 Å². The number of phenols is 3. The van der Waals surface area contributed by atoms with Gasteiger partial charge in [0.05, 0.1) is 11.0 Å². The molecule has 3 aliphatic heterocycles. The van der Waals surface area contributed by atoms with Crippen LogP contribution in [0.1, 0.15) is 50.7 Å². The zero-order chi connectivity index (χ0) is 41.6. The maximum absolute atomic E-state index is 14.7. The van der Waals surface area contributed by atoms with Crippen LogP contribution in [0, 0.1) is 23.3 Å². The van der Waals surface area contributed by atoms with E-state index >= 15 is 0 Å². The number of piperidine rings is 1. The summed E-state index contributed by atoms with van der Waals surface area (Å²) in [4.78, 5) is 81.1. The van der Waals surface area contributed by atoms with Crippen molar-refractivity contribution in [1.82, 2.24) is 25.3 Å². The van der Waals surface area contributed by atoms with Crippen LogP contribution in [-0.2, 0) is 20.8 Å². The summed E-state index contributed by atoms with van der Waals surface area (Å²) in [7, 11) is -2.01. The molecule has 1 unspecified atom stereocenters. The van der Waals surface area contributed by atoms with E-state index in [4.69, 9.17) is 16.3 Å². The van der Waals surface area contributed by atoms with Gasteiger partial charge >= 0.3 is 30.9 Å². The Labute approximate surface area is 323 Å². The molecule has 0 bridgehead atoms. The third-order valence-electron chi connectivity index (χ3n) is 9.76. The summed E-state index contributed by atoms with van der Waals surface area (Å²) in [6.07, 6.45) is -0.245. The molecule has 2 fully saturated rings. The summed E-state index contributed by atoms with van der Waals surface area (Å²) in [5, 5.41) is 53.3. The van der Waals surface area contributed by atoms with Crippen LogP contribution in [0.2, 0.25) is 5.02 Å². The Balaban J connectivity index is 1.16. The number of benzene rings is 3. The van der Waals surface area contributed by atoms with Crippen LogP contribution in [0.25, 0.3) is 0 Å². The highest BCUT2D eigenvalue weighted by Crippen LogP contribution is 2.41. The second-order valence-corrected chi connectivity index (χ2v) is 13.5. The molecule has 0 aliphatic carbocycles. The van der Waals surface area contributed by atoms with Gasteiger partial charge in [-0.15, -0.1) is 0 Å². The lowest BCUT2D eigenvalue weighted by molar-refractivity contribution is -0.156. The number of phenolic OH excluding ortho intramolecular Hbond substituents is 3. The predicted molar refractivity (Wildman–Crippen MR) is 184 cm³/mol. The van der Waals surface area contributed by atoms with Crippen molar-refractivity contribution in [3.8, 4) is 23.0 Å². The van der Waals surface area contributed by atoms with Gasteiger partial charge in [-0.3, -0.25) is 24.1 Å². The van der Waals surface area contributed by atoms with E-state index in [-0.39, 0.29) is 44.5 Å². The van der Waals surface area contributed by atoms with E-state index in [2.05, 4.69) is 10.6 Å². The number of carbonyl (C=O) groups excluding carboxylic acids is 5. The van der Waals surface area contributed by atoms with Crippen LogP contribution in [0.5, 0.6) is 23.0 Å². The van der Waals surface area contributed by atoms with Crippen LogP contribution in [0.4, 0.5) is 22.4 Å². The van der Waals surface area contributed by atoms with E-state index in [0.717, 1.165) is 34.1 Å². The van der Waals surface area contributed by atoms with Gasteiger partial charge < -0.3 is 50.5 Å². The smallest absolute Gasteiger partial charge is 0.534 e. The molecule has 6 rings (SSSR count). The number of fused-ring (bicyclic) bond motifs is 1. The summed E-state index contributed by atoms with van der Waals surface area (Å²) in [6.45, 7) is -0.904. The number of carbonyl (C=O) groups is 6. The maximum atomic E-state index is 14.7. The molecule has 3 heterocycles. The molecule has 17 nitrogen and oxygen atoms in total. The summed E-state index contributed by atoms with van der Waals surface area (Å²) in [5.41, 5.74) is -2.48. The lowest BCUT2D eigenvalue weighted by Gasteiger charge is -2.41. The average molecular weight is 822 g/mol. The number of halogens is 5. The molecular formula is C34H29BClF4N5O12. The van der Waals surface area contributed by atoms with E-state index < -0.39 is 135 Å². The maximum Gasteiger partial charge on any atom is 0.547 e. The third-order valence-corrected chi connectivity index (χ3v) is 10.2. The number of nitrogens with zero attached hydrogens (tertiary/aromatic N) is 3. The number of carboxylic acids is 1. The summed E-state index contributed by atoms with van der Waals surface area (Å²) >= 11 is 6.14. The minimum absolute atomic E-state index is 0.0369. The number of carboxylic acid groups (broad SMARTS) is 1. The summed E-state index contributed by atoms with van der Waals surface area (Å²) < 4.78 is 62.7. The Hall–Kier alpha value is -6.29. The Morgan fingerprint density at radius 3 is 2.19 bits per heavy atom. The van der Waals surface area contributed by atoms with Gasteiger partial charge in [-0.05, 0) is 49.1 Å². The first kappa shape index (κ1) is 40.4. The second kappa shape index (κ2) is 15.7. The zero-order valence-corrected chi connectivity index (χ0v) is 29.7. The first-order valence-corrected chi connectivity index (χ1v) is 17.3. The number of urea groups is 1. The third kappa shape index (κ3) is 7.52. The average Bonchev–Trinajstić information content (AvgIpc) is 3.17. The minimum atomic E-state index is -2.12. The van der Waals surface area contributed by atoms with Crippen LogP contribution in [-0.4, -0.2) is 121 Å². The van der Waals surface area contributed by atoms with Crippen molar-refractivity contribution < 1.29 is 76.4 Å². The number of aromatic carboxylic acids is 1. The quantitative estimate of drug-likeness (QED) is 0.0778. The molecule has 3 aromatic carbocycles. The molecule has 7 N–H and O–H groups in total. The van der Waals surface area contributed by atoms with Crippen molar-refractivity contribution in [2.24, 2.45) is 0 Å². The van der Waals surface area contributed by atoms with Crippen molar-refractivity contribution >= 4 is 54.3 Å². The Bertz CT molecular complexity index is 2230. The molecule has 0 saturated carbocycles. The number of aromatic hydroxyl groups is 3. The van der Waals surface area contributed by atoms with Crippen LogP contribution in [0.15, 0.2) is 30.3 Å². The molecule has 23 heteroatoms. The summed E-state index contributed by atoms with van der Waals surface area (Å²) in [5.74, 6) is -17.3. The van der Waals surface area contributed by atoms with Gasteiger partial charge in [0, 0.05) is 37.8 Å². The first-order valence-electron chi connectivity index (χ1n) is 16.9. The Morgan fingerprint density at radius 2 is 1.53 bits per heavy atom. The highest BCUT2D eigenvalue weighted by atomic mass is 35.5. The van der Waals surface area contributed by atoms with E-state index in [1.165, 1.54) is 0 Å². The van der Waals surface area contributed by atoms with Crippen molar-refractivity contribution in [3.05, 3.63) is 80.9 Å². The van der Waals surface area contributed by atoms with Gasteiger partial charge in [0.1, 0.15) is 34.6 Å². The second-order valence-electron chi connectivity index (χ2n) is 13.1. The molecule has 3 aromatic rings. The van der Waals surface area contributed by atoms with Gasteiger partial charge in [-0.2, -0.15) is 0 Å². The Kier molecular flexibility index (Phi) is 11.1. The number of imide groups is 1. The van der Waals surface area contributed by atoms with E-state index in [1.54, 1.807) is 0 Å². The van der Waals surface area contributed by atoms with Crippen LogP contribution in [0.3, 0.4) is 0 Å². The van der Waals surface area contributed by atoms with Crippen molar-refractivity contribution in [3.63, 3.8) is 0 Å². The fourth-order valence-corrected chi connectivity index (χ4v) is 7.06. The standard InChI is InChI=1S/C34H29BClF4N5O12/c36-23-15(12-18(39)26(47)27(23)48)25(29(49)41-20-11-13-1-2-17(38)22(33(53)54)28(13)57-35(20)56)42-34(55)45-10-9-44(31(51)32(45)52)14-5-7-43(8-6-14)30(50)21-16(37)3-4-19(46)24(21)40/h1-4,12,14,20,25,46-48,56H,5-11H2,(H,41,49)(H,42,55)(H,53,54)/t20-,25?/m0/s1. The fraction of sp³-hybridized carbons (Fsp3) is 0.294. The molecule has 6 amide bonds. The summed E-state index contributed by atoms with van der Waals surface area (Å²) in [6, 6.07) is -0.249. The molecule has 2 saturated heterocycles. The molecule has 57 heavy (non-hydrogen) atoms. The SMILES string of the molecule is O=C(O)c1c(F)ccc2c1OB(O)[C@@H](NC(=O)C(NC(=O)N1CCN(C3CCN(C(=O)c4c(F)ccc(O)c4F)CC3)C(=O)C1=O)c1cc(F)c(O)c(O)c1Cl)C2. The zero-order valence-electron chi connectivity index (χ0n) is 29.0. The molecule has 0 aromatic heterocycles. The van der Waals surface area contributed by atoms with Gasteiger partial charge in [-0.25, -0.2) is 27.2 Å². The lowest BCUT2D eigenvalue weighted by atomic mass is 9.72. The minimum Gasteiger partial charge on any atom is -0.534 e. The number of likely N-dealkylation sites (tertiary alicyclic amines) is 1. The number of hydrogen-bond acceptors (Lipinski definition) is 11. The predicted octanol–water partition coefficient (Wildman–Crippen LogP) is 1.58. The van der Waals surface area contributed by atoms with Gasteiger partial charge in [0.2, 0.25) is 5.91 Å². The molecule has 300 valence electrons. The van der Waals surface area contributed by atoms with Crippen molar-refractivity contribution in [1.29, 1.82) is 0 Å². The van der Waals surface area contributed by atoms with Gasteiger partial charge in [-0.1, -0.05) is 17.7 Å². The van der Waals surface area contributed by atoms with Crippen molar-refractivity contribution in [2.75, 3.05) is 26.2 Å². The first-order chi connectivity index (χ1) is 26.9. The number of piperazine rings is 1. The number of amides is 6. The van der Waals surface area contributed by atoms with Crippen LogP contribution < -0.4 is 15.3 Å². The molecule has 0 spiro atoms. The topological polar surface area (TPSA) is 247 Å². The molecular weight excluding hydrogens is 793 g/mol. The number of hydrogen-bond donors (Lipinski definition) is 7. The molecule has 3 aliphatic rings. The van der Waals surface area contributed by atoms with E-state index in [0.29, 0.717) is 11.0 Å². The number of rotatable bonds is 7. The normalized spacial score (nSPS) is 17.8.